The van der Waals surface area contributed by atoms with E-state index in [9.17, 15) is 13.2 Å². The number of amides is 1. The summed E-state index contributed by atoms with van der Waals surface area (Å²) < 4.78 is 31.1. The molecule has 7 heteroatoms. The minimum Gasteiger partial charge on any atom is -0.351 e. The number of rotatable bonds is 9. The maximum atomic E-state index is 12.2. The molecule has 0 aromatic heterocycles. The first-order chi connectivity index (χ1) is 11.7. The Balaban J connectivity index is 2.62. The normalized spacial score (nSPS) is 20.9. The standard InChI is InChI=1S/C18H28N2O4S/c1-4-18(2,3)20(14-15-25(22,23)24)13-12-19-17(21)16-10-8-6-5-7-9-11-16/h5-11H,4,12-15H2,1-3H3,(H,19,21)(H,22,23,24)/b6-5-,7-5?,8-6?,9-7-,10-8-,11-9?,16-10?,16-11+. The highest BCUT2D eigenvalue weighted by atomic mass is 32.2. The molecular weight excluding hydrogens is 340 g/mol. The molecule has 0 atom stereocenters. The Kier molecular flexibility index (Phi) is 8.28. The molecule has 0 radical (unpaired) electrons. The zero-order valence-electron chi connectivity index (χ0n) is 15.1. The van der Waals surface area contributed by atoms with E-state index in [-0.39, 0.29) is 23.7 Å². The molecule has 0 aromatic rings. The number of allylic oxidation sites excluding steroid dienone is 6. The smallest absolute Gasteiger partial charge is 0.266 e. The lowest BCUT2D eigenvalue weighted by Gasteiger charge is -2.38. The number of nitrogens with one attached hydrogen (secondary N) is 1. The van der Waals surface area contributed by atoms with Crippen molar-refractivity contribution in [1.82, 2.24) is 10.2 Å². The first-order valence-corrected chi connectivity index (χ1v) is 9.97. The number of nitrogens with zero attached hydrogens (tertiary/aromatic N) is 1. The lowest BCUT2D eigenvalue weighted by Crippen LogP contribution is -2.49. The second-order valence-corrected chi connectivity index (χ2v) is 8.02. The molecule has 0 aliphatic heterocycles. The van der Waals surface area contributed by atoms with Gasteiger partial charge in [-0.2, -0.15) is 8.42 Å². The zero-order chi connectivity index (χ0) is 18.9. The summed E-state index contributed by atoms with van der Waals surface area (Å²) in [5.74, 6) is -0.504. The van der Waals surface area contributed by atoms with Gasteiger partial charge in [-0.15, -0.1) is 0 Å². The minimum atomic E-state index is -4.01. The quantitative estimate of drug-likeness (QED) is 0.609. The van der Waals surface area contributed by atoms with Gasteiger partial charge in [0.25, 0.3) is 16.0 Å². The summed E-state index contributed by atoms with van der Waals surface area (Å²) in [6, 6.07) is 0. The van der Waals surface area contributed by atoms with Crippen molar-refractivity contribution in [3.8, 4) is 0 Å². The molecule has 0 unspecified atom stereocenters. The largest absolute Gasteiger partial charge is 0.351 e. The maximum absolute atomic E-state index is 12.2. The predicted molar refractivity (Wildman–Crippen MR) is 101 cm³/mol. The summed E-state index contributed by atoms with van der Waals surface area (Å²) in [7, 11) is -4.01. The Labute approximate surface area is 150 Å². The molecule has 0 saturated carbocycles. The summed E-state index contributed by atoms with van der Waals surface area (Å²) in [5.41, 5.74) is 0.322. The highest BCUT2D eigenvalue weighted by molar-refractivity contribution is 7.85. The molecule has 2 N–H and O–H groups in total. The van der Waals surface area contributed by atoms with Crippen molar-refractivity contribution in [3.05, 3.63) is 48.1 Å². The van der Waals surface area contributed by atoms with Crippen LogP contribution in [0.25, 0.3) is 0 Å². The molecule has 0 spiro atoms. The Morgan fingerprint density at radius 3 is 2.44 bits per heavy atom. The fraction of sp³-hybridized carbons (Fsp3) is 0.500. The second-order valence-electron chi connectivity index (χ2n) is 6.45. The number of hydrogen-bond donors (Lipinski definition) is 2. The molecule has 140 valence electrons. The fourth-order valence-corrected chi connectivity index (χ4v) is 2.74. The van der Waals surface area contributed by atoms with E-state index in [4.69, 9.17) is 4.55 Å². The molecule has 6 nitrogen and oxygen atoms in total. The van der Waals surface area contributed by atoms with Crippen molar-refractivity contribution >= 4 is 16.0 Å². The Morgan fingerprint density at radius 1 is 1.16 bits per heavy atom. The summed E-state index contributed by atoms with van der Waals surface area (Å²) >= 11 is 0. The minimum absolute atomic E-state index is 0.180. The van der Waals surface area contributed by atoms with Gasteiger partial charge < -0.3 is 5.32 Å². The third kappa shape index (κ3) is 8.29. The summed E-state index contributed by atoms with van der Waals surface area (Å²) in [4.78, 5) is 14.2. The van der Waals surface area contributed by atoms with E-state index in [1.54, 1.807) is 24.3 Å². The van der Waals surface area contributed by atoms with E-state index in [2.05, 4.69) is 5.32 Å². The molecule has 0 saturated heterocycles. The van der Waals surface area contributed by atoms with Crippen LogP contribution in [-0.2, 0) is 14.9 Å². The summed E-state index contributed by atoms with van der Waals surface area (Å²) in [5, 5.41) is 2.85. The lowest BCUT2D eigenvalue weighted by molar-refractivity contribution is -0.117. The summed E-state index contributed by atoms with van der Waals surface area (Å²) in [6.07, 6.45) is 13.5. The summed E-state index contributed by atoms with van der Waals surface area (Å²) in [6.45, 7) is 7.13. The van der Waals surface area contributed by atoms with Crippen molar-refractivity contribution < 1.29 is 17.8 Å². The highest BCUT2D eigenvalue weighted by Crippen LogP contribution is 2.17. The van der Waals surface area contributed by atoms with Gasteiger partial charge in [-0.05, 0) is 32.4 Å². The van der Waals surface area contributed by atoms with Crippen LogP contribution in [0, 0.1) is 0 Å². The van der Waals surface area contributed by atoms with Gasteiger partial charge >= 0.3 is 0 Å². The predicted octanol–water partition coefficient (Wildman–Crippen LogP) is 2.09. The molecule has 1 amide bonds. The van der Waals surface area contributed by atoms with Crippen molar-refractivity contribution in [1.29, 1.82) is 0 Å². The monoisotopic (exact) mass is 368 g/mol. The van der Waals surface area contributed by atoms with E-state index in [1.165, 1.54) is 0 Å². The van der Waals surface area contributed by atoms with E-state index in [0.29, 0.717) is 18.7 Å². The topological polar surface area (TPSA) is 86.7 Å². The molecule has 1 aliphatic carbocycles. The Morgan fingerprint density at radius 2 is 1.80 bits per heavy atom. The van der Waals surface area contributed by atoms with E-state index < -0.39 is 10.1 Å². The molecule has 0 aromatic carbocycles. The highest BCUT2D eigenvalue weighted by Gasteiger charge is 2.25. The SMILES string of the molecule is CCC(C)(C)N(CCNC(=O)C1=C/C=C\C=C/C=C\1)CCS(=O)(=O)O. The van der Waals surface area contributed by atoms with Gasteiger partial charge in [-0.1, -0.05) is 37.3 Å². The number of carbonyl (C=O) groups excluding carboxylic acids is 1. The molecule has 25 heavy (non-hydrogen) atoms. The molecule has 0 bridgehead atoms. The van der Waals surface area contributed by atoms with Gasteiger partial charge in [0.1, 0.15) is 0 Å². The van der Waals surface area contributed by atoms with Crippen LogP contribution in [0.1, 0.15) is 27.2 Å². The van der Waals surface area contributed by atoms with Gasteiger partial charge in [-0.25, -0.2) is 0 Å². The van der Waals surface area contributed by atoms with Crippen LogP contribution in [0.4, 0.5) is 0 Å². The molecule has 1 aliphatic rings. The van der Waals surface area contributed by atoms with Crippen LogP contribution >= 0.6 is 0 Å². The molecule has 0 fully saturated rings. The molecule has 0 heterocycles. The van der Waals surface area contributed by atoms with Crippen LogP contribution < -0.4 is 5.32 Å². The van der Waals surface area contributed by atoms with E-state index in [1.807, 2.05) is 43.9 Å². The Hall–Kier alpha value is -1.70. The lowest BCUT2D eigenvalue weighted by atomic mass is 9.99. The third-order valence-electron chi connectivity index (χ3n) is 4.27. The fourth-order valence-electron chi connectivity index (χ4n) is 2.29. The van der Waals surface area contributed by atoms with Gasteiger partial charge in [0.15, 0.2) is 0 Å². The van der Waals surface area contributed by atoms with Crippen molar-refractivity contribution in [3.63, 3.8) is 0 Å². The van der Waals surface area contributed by atoms with E-state index >= 15 is 0 Å². The third-order valence-corrected chi connectivity index (χ3v) is 4.96. The van der Waals surface area contributed by atoms with Crippen LogP contribution in [0.2, 0.25) is 0 Å². The van der Waals surface area contributed by atoms with Gasteiger partial charge in [-0.3, -0.25) is 14.2 Å². The van der Waals surface area contributed by atoms with Gasteiger partial charge in [0.05, 0.1) is 5.75 Å². The molecular formula is C18H28N2O4S. The second kappa shape index (κ2) is 9.70. The van der Waals surface area contributed by atoms with Gasteiger partial charge in [0.2, 0.25) is 0 Å². The first kappa shape index (κ1) is 21.3. The van der Waals surface area contributed by atoms with Crippen LogP contribution in [0.5, 0.6) is 0 Å². The average molecular weight is 368 g/mol. The van der Waals surface area contributed by atoms with Crippen LogP contribution in [0.3, 0.4) is 0 Å². The van der Waals surface area contributed by atoms with Gasteiger partial charge in [0, 0.05) is 30.7 Å². The van der Waals surface area contributed by atoms with Crippen molar-refractivity contribution in [2.45, 2.75) is 32.7 Å². The zero-order valence-corrected chi connectivity index (χ0v) is 15.9. The first-order valence-electron chi connectivity index (χ1n) is 8.36. The van der Waals surface area contributed by atoms with Crippen molar-refractivity contribution in [2.75, 3.05) is 25.4 Å². The number of hydrogen-bond acceptors (Lipinski definition) is 4. The van der Waals surface area contributed by atoms with E-state index in [0.717, 1.165) is 6.42 Å². The maximum Gasteiger partial charge on any atom is 0.266 e. The van der Waals surface area contributed by atoms with Crippen molar-refractivity contribution in [2.24, 2.45) is 0 Å². The average Bonchev–Trinajstić information content (AvgIpc) is 2.48. The van der Waals surface area contributed by atoms with Crippen LogP contribution in [-0.4, -0.2) is 54.7 Å². The Bertz CT molecular complexity index is 673. The number of carbonyl (C=O) groups is 1. The van der Waals surface area contributed by atoms with Crippen LogP contribution in [0.15, 0.2) is 48.1 Å². The molecule has 1 rings (SSSR count).